The third kappa shape index (κ3) is 3.12. The van der Waals surface area contributed by atoms with E-state index in [9.17, 15) is 4.79 Å². The number of ether oxygens (including phenoxy) is 1. The molecule has 0 aliphatic carbocycles. The maximum atomic E-state index is 11.8. The predicted molar refractivity (Wildman–Crippen MR) is 76.4 cm³/mol. The Labute approximate surface area is 117 Å². The number of carbonyl (C=O) groups is 1. The van der Waals surface area contributed by atoms with Gasteiger partial charge in [-0.3, -0.25) is 0 Å². The van der Waals surface area contributed by atoms with Crippen LogP contribution in [0.3, 0.4) is 0 Å². The van der Waals surface area contributed by atoms with Crippen molar-refractivity contribution in [2.45, 2.75) is 20.3 Å². The summed E-state index contributed by atoms with van der Waals surface area (Å²) >= 11 is 0. The number of rotatable bonds is 4. The summed E-state index contributed by atoms with van der Waals surface area (Å²) in [4.78, 5) is 20.3. The molecular weight excluding hydrogens is 254 g/mol. The number of carbonyl (C=O) groups excluding carboxylic acids is 1. The van der Waals surface area contributed by atoms with Crippen LogP contribution in [0.2, 0.25) is 0 Å². The number of esters is 1. The second-order valence-electron chi connectivity index (χ2n) is 4.37. The summed E-state index contributed by atoms with van der Waals surface area (Å²) < 4.78 is 4.95. The lowest BCUT2D eigenvalue weighted by molar-refractivity contribution is 0.0526. The molecule has 0 spiro atoms. The summed E-state index contributed by atoms with van der Waals surface area (Å²) in [6.07, 6.45) is 0.578. The minimum Gasteiger partial charge on any atom is -0.462 e. The molecular formula is C15H17N3O2. The number of aryl methyl sites for hydroxylation is 1. The summed E-state index contributed by atoms with van der Waals surface area (Å²) in [5, 5.41) is 0. The van der Waals surface area contributed by atoms with Gasteiger partial charge in [0, 0.05) is 6.42 Å². The second-order valence-corrected chi connectivity index (χ2v) is 4.37. The number of nitrogen functional groups attached to an aromatic ring is 1. The van der Waals surface area contributed by atoms with E-state index in [-0.39, 0.29) is 11.4 Å². The summed E-state index contributed by atoms with van der Waals surface area (Å²) in [6.45, 7) is 3.77. The molecule has 0 fully saturated rings. The van der Waals surface area contributed by atoms with E-state index in [1.165, 1.54) is 0 Å². The lowest BCUT2D eigenvalue weighted by Gasteiger charge is -2.09. The highest BCUT2D eigenvalue weighted by Crippen LogP contribution is 2.16. The van der Waals surface area contributed by atoms with Crippen LogP contribution in [0.25, 0.3) is 0 Å². The van der Waals surface area contributed by atoms with Gasteiger partial charge in [0.15, 0.2) is 0 Å². The van der Waals surface area contributed by atoms with Crippen LogP contribution in [0.5, 0.6) is 0 Å². The summed E-state index contributed by atoms with van der Waals surface area (Å²) in [6, 6.07) is 9.85. The molecule has 5 nitrogen and oxygen atoms in total. The highest BCUT2D eigenvalue weighted by Gasteiger charge is 2.17. The molecule has 0 bridgehead atoms. The Balaban J connectivity index is 2.28. The van der Waals surface area contributed by atoms with E-state index < -0.39 is 5.97 Å². The topological polar surface area (TPSA) is 78.1 Å². The minimum atomic E-state index is -0.478. The van der Waals surface area contributed by atoms with Crippen molar-refractivity contribution in [3.05, 3.63) is 53.0 Å². The maximum absolute atomic E-state index is 11.8. The first-order valence-electron chi connectivity index (χ1n) is 6.45. The van der Waals surface area contributed by atoms with Gasteiger partial charge in [0.2, 0.25) is 0 Å². The molecule has 0 saturated heterocycles. The third-order valence-electron chi connectivity index (χ3n) is 2.85. The molecule has 0 unspecified atom stereocenters. The fourth-order valence-corrected chi connectivity index (χ4v) is 1.97. The largest absolute Gasteiger partial charge is 0.462 e. The van der Waals surface area contributed by atoms with Gasteiger partial charge in [-0.05, 0) is 19.4 Å². The molecule has 0 aliphatic heterocycles. The van der Waals surface area contributed by atoms with Crippen molar-refractivity contribution in [2.75, 3.05) is 12.3 Å². The lowest BCUT2D eigenvalue weighted by atomic mass is 10.1. The van der Waals surface area contributed by atoms with E-state index >= 15 is 0 Å². The molecule has 1 aromatic carbocycles. The van der Waals surface area contributed by atoms with Gasteiger partial charge < -0.3 is 10.5 Å². The van der Waals surface area contributed by atoms with Gasteiger partial charge in [-0.1, -0.05) is 30.3 Å². The van der Waals surface area contributed by atoms with Crippen molar-refractivity contribution in [3.63, 3.8) is 0 Å². The van der Waals surface area contributed by atoms with Crippen LogP contribution in [0.1, 0.15) is 34.4 Å². The molecule has 1 aromatic heterocycles. The zero-order chi connectivity index (χ0) is 14.5. The zero-order valence-electron chi connectivity index (χ0n) is 11.6. The fraction of sp³-hybridized carbons (Fsp3) is 0.267. The first-order valence-corrected chi connectivity index (χ1v) is 6.45. The average molecular weight is 271 g/mol. The maximum Gasteiger partial charge on any atom is 0.343 e. The molecule has 5 heteroatoms. The Kier molecular flexibility index (Phi) is 4.30. The van der Waals surface area contributed by atoms with E-state index in [1.807, 2.05) is 30.3 Å². The van der Waals surface area contributed by atoms with E-state index in [2.05, 4.69) is 9.97 Å². The van der Waals surface area contributed by atoms with Gasteiger partial charge in [0.1, 0.15) is 17.2 Å². The Morgan fingerprint density at radius 2 is 1.95 bits per heavy atom. The van der Waals surface area contributed by atoms with Crippen molar-refractivity contribution < 1.29 is 9.53 Å². The number of nitrogens with two attached hydrogens (primary N) is 1. The van der Waals surface area contributed by atoms with Crippen LogP contribution in [0.4, 0.5) is 5.82 Å². The van der Waals surface area contributed by atoms with Crippen molar-refractivity contribution in [2.24, 2.45) is 0 Å². The summed E-state index contributed by atoms with van der Waals surface area (Å²) in [5.74, 6) is 0.287. The quantitative estimate of drug-likeness (QED) is 0.862. The van der Waals surface area contributed by atoms with Gasteiger partial charge >= 0.3 is 5.97 Å². The number of anilines is 1. The van der Waals surface area contributed by atoms with E-state index in [1.54, 1.807) is 13.8 Å². The fourth-order valence-electron chi connectivity index (χ4n) is 1.97. The van der Waals surface area contributed by atoms with E-state index in [0.717, 1.165) is 5.56 Å². The van der Waals surface area contributed by atoms with Crippen LogP contribution in [-0.2, 0) is 11.2 Å². The van der Waals surface area contributed by atoms with Crippen LogP contribution >= 0.6 is 0 Å². The van der Waals surface area contributed by atoms with Gasteiger partial charge in [-0.2, -0.15) is 0 Å². The summed E-state index contributed by atoms with van der Waals surface area (Å²) in [5.41, 5.74) is 7.74. The van der Waals surface area contributed by atoms with Gasteiger partial charge in [-0.25, -0.2) is 14.8 Å². The lowest BCUT2D eigenvalue weighted by Crippen LogP contribution is -2.14. The molecule has 0 aliphatic rings. The molecule has 1 heterocycles. The van der Waals surface area contributed by atoms with Crippen LogP contribution in [0.15, 0.2) is 30.3 Å². The van der Waals surface area contributed by atoms with Crippen molar-refractivity contribution in [1.82, 2.24) is 9.97 Å². The molecule has 0 amide bonds. The normalized spacial score (nSPS) is 10.3. The first-order chi connectivity index (χ1) is 9.61. The average Bonchev–Trinajstić information content (AvgIpc) is 2.39. The zero-order valence-corrected chi connectivity index (χ0v) is 11.6. The monoisotopic (exact) mass is 271 g/mol. The molecule has 0 radical (unpaired) electrons. The van der Waals surface area contributed by atoms with Crippen molar-refractivity contribution >= 4 is 11.8 Å². The van der Waals surface area contributed by atoms with Crippen LogP contribution in [0, 0.1) is 6.92 Å². The Hall–Kier alpha value is -2.43. The second kappa shape index (κ2) is 6.14. The van der Waals surface area contributed by atoms with Crippen LogP contribution in [-0.4, -0.2) is 22.5 Å². The summed E-state index contributed by atoms with van der Waals surface area (Å²) in [7, 11) is 0. The number of nitrogens with zero attached hydrogens (tertiary/aromatic N) is 2. The molecule has 104 valence electrons. The number of hydrogen-bond donors (Lipinski definition) is 1. The number of aromatic nitrogens is 2. The smallest absolute Gasteiger partial charge is 0.343 e. The Morgan fingerprint density at radius 3 is 2.55 bits per heavy atom. The molecule has 20 heavy (non-hydrogen) atoms. The Bertz CT molecular complexity index is 589. The highest BCUT2D eigenvalue weighted by molar-refractivity contribution is 5.95. The molecule has 2 N–H and O–H groups in total. The SMILES string of the molecule is CCOC(=O)c1c(C)nc(Cc2ccccc2)nc1N. The van der Waals surface area contributed by atoms with E-state index in [4.69, 9.17) is 10.5 Å². The number of hydrogen-bond acceptors (Lipinski definition) is 5. The standard InChI is InChI=1S/C15H17N3O2/c1-3-20-15(19)13-10(2)17-12(18-14(13)16)9-11-7-5-4-6-8-11/h4-8H,3,9H2,1-2H3,(H2,16,17,18). The molecule has 2 rings (SSSR count). The molecule has 0 saturated carbocycles. The molecule has 0 atom stereocenters. The minimum absolute atomic E-state index is 0.168. The molecule has 2 aromatic rings. The van der Waals surface area contributed by atoms with Gasteiger partial charge in [0.05, 0.1) is 12.3 Å². The highest BCUT2D eigenvalue weighted by atomic mass is 16.5. The first kappa shape index (κ1) is 14.0. The van der Waals surface area contributed by atoms with Crippen molar-refractivity contribution in [1.29, 1.82) is 0 Å². The third-order valence-corrected chi connectivity index (χ3v) is 2.85. The van der Waals surface area contributed by atoms with E-state index in [0.29, 0.717) is 24.5 Å². The van der Waals surface area contributed by atoms with Crippen molar-refractivity contribution in [3.8, 4) is 0 Å². The van der Waals surface area contributed by atoms with Crippen LogP contribution < -0.4 is 5.73 Å². The Morgan fingerprint density at radius 1 is 1.25 bits per heavy atom. The predicted octanol–water partition coefficient (Wildman–Crippen LogP) is 2.13. The van der Waals surface area contributed by atoms with Gasteiger partial charge in [-0.15, -0.1) is 0 Å². The van der Waals surface area contributed by atoms with Gasteiger partial charge in [0.25, 0.3) is 0 Å². The number of benzene rings is 1.